The minimum atomic E-state index is -0.420. The highest BCUT2D eigenvalue weighted by atomic mass is 32.2. The zero-order chi connectivity index (χ0) is 21.3. The Morgan fingerprint density at radius 1 is 1.00 bits per heavy atom. The third kappa shape index (κ3) is 3.78. The van der Waals surface area contributed by atoms with E-state index in [0.29, 0.717) is 27.4 Å². The van der Waals surface area contributed by atoms with E-state index >= 15 is 0 Å². The Bertz CT molecular complexity index is 1300. The van der Waals surface area contributed by atoms with Gasteiger partial charge in [-0.1, -0.05) is 59.8 Å². The van der Waals surface area contributed by atoms with Gasteiger partial charge in [0.2, 0.25) is 0 Å². The lowest BCUT2D eigenvalue weighted by atomic mass is 10.1. The number of para-hydroxylation sites is 1. The highest BCUT2D eigenvalue weighted by Crippen LogP contribution is 2.27. The van der Waals surface area contributed by atoms with Gasteiger partial charge in [0, 0.05) is 11.8 Å². The number of fused-ring (bicyclic) bond motifs is 1. The molecule has 6 heteroatoms. The first kappa shape index (κ1) is 20.0. The fraction of sp³-hybridized carbons (Fsp3) is 0.167. The number of thioether (sulfide) groups is 1. The van der Waals surface area contributed by atoms with Crippen LogP contribution in [-0.4, -0.2) is 25.6 Å². The first-order chi connectivity index (χ1) is 14.5. The molecule has 0 fully saturated rings. The molecule has 1 atom stereocenters. The predicted octanol–water partition coefficient (Wildman–Crippen LogP) is 4.76. The van der Waals surface area contributed by atoms with Crippen LogP contribution in [0.5, 0.6) is 0 Å². The molecule has 0 aliphatic carbocycles. The Hall–Kier alpha value is -3.25. The zero-order valence-corrected chi connectivity index (χ0v) is 17.8. The van der Waals surface area contributed by atoms with Crippen LogP contribution in [0.2, 0.25) is 0 Å². The van der Waals surface area contributed by atoms with Gasteiger partial charge in [0.1, 0.15) is 5.82 Å². The molecule has 0 amide bonds. The van der Waals surface area contributed by atoms with Gasteiger partial charge in [0.05, 0.1) is 16.2 Å². The van der Waals surface area contributed by atoms with Gasteiger partial charge >= 0.3 is 0 Å². The molecule has 0 aliphatic rings. The molecule has 30 heavy (non-hydrogen) atoms. The van der Waals surface area contributed by atoms with Crippen molar-refractivity contribution in [1.29, 1.82) is 0 Å². The summed E-state index contributed by atoms with van der Waals surface area (Å²) in [5.41, 5.74) is 3.01. The maximum Gasteiger partial charge on any atom is 0.267 e. The number of rotatable bonds is 5. The lowest BCUT2D eigenvalue weighted by molar-refractivity contribution is 0.0994. The van der Waals surface area contributed by atoms with Crippen LogP contribution in [0.25, 0.3) is 16.7 Å². The predicted molar refractivity (Wildman–Crippen MR) is 121 cm³/mol. The maximum atomic E-state index is 13.3. The number of aromatic nitrogens is 3. The van der Waals surface area contributed by atoms with E-state index in [-0.39, 0.29) is 11.3 Å². The van der Waals surface area contributed by atoms with Crippen LogP contribution in [0.4, 0.5) is 0 Å². The van der Waals surface area contributed by atoms with Crippen molar-refractivity contribution in [3.05, 3.63) is 93.9 Å². The molecule has 0 spiro atoms. The van der Waals surface area contributed by atoms with Crippen molar-refractivity contribution >= 4 is 28.4 Å². The zero-order valence-electron chi connectivity index (χ0n) is 17.0. The number of aryl methyl sites for hydroxylation is 2. The van der Waals surface area contributed by atoms with Gasteiger partial charge in [-0.05, 0) is 44.5 Å². The Balaban J connectivity index is 1.82. The van der Waals surface area contributed by atoms with Crippen molar-refractivity contribution in [3.63, 3.8) is 0 Å². The van der Waals surface area contributed by atoms with E-state index in [4.69, 9.17) is 4.98 Å². The Morgan fingerprint density at radius 2 is 1.73 bits per heavy atom. The van der Waals surface area contributed by atoms with Crippen LogP contribution in [0, 0.1) is 13.8 Å². The first-order valence-electron chi connectivity index (χ1n) is 9.67. The van der Waals surface area contributed by atoms with Crippen molar-refractivity contribution in [2.45, 2.75) is 31.2 Å². The van der Waals surface area contributed by atoms with E-state index in [1.54, 1.807) is 12.3 Å². The first-order valence-corrected chi connectivity index (χ1v) is 10.5. The summed E-state index contributed by atoms with van der Waals surface area (Å²) in [5, 5.41) is 0.550. The van der Waals surface area contributed by atoms with E-state index in [0.717, 1.165) is 11.1 Å². The molecule has 0 bridgehead atoms. The lowest BCUT2D eigenvalue weighted by Crippen LogP contribution is -2.25. The van der Waals surface area contributed by atoms with Gasteiger partial charge in [-0.3, -0.25) is 9.59 Å². The number of pyridine rings is 1. The SMILES string of the molecule is Cc1ccc(C(=O)C(C)Sc2nc3ccccc3c(=O)n2-c2ncccc2C)cc1. The molecule has 2 aromatic carbocycles. The molecule has 0 saturated heterocycles. The molecule has 1 unspecified atom stereocenters. The van der Waals surface area contributed by atoms with Gasteiger partial charge in [-0.15, -0.1) is 0 Å². The number of hydrogen-bond donors (Lipinski definition) is 0. The minimum Gasteiger partial charge on any atom is -0.293 e. The van der Waals surface area contributed by atoms with Gasteiger partial charge in [0.25, 0.3) is 5.56 Å². The standard InChI is InChI=1S/C24H21N3O2S/c1-15-10-12-18(13-11-15)21(28)17(3)30-24-26-20-9-5-4-8-19(20)23(29)27(24)22-16(2)7-6-14-25-22/h4-14,17H,1-3H3. The van der Waals surface area contributed by atoms with Crippen molar-refractivity contribution in [2.24, 2.45) is 0 Å². The van der Waals surface area contributed by atoms with Crippen molar-refractivity contribution < 1.29 is 4.79 Å². The number of carbonyl (C=O) groups is 1. The van der Waals surface area contributed by atoms with Crippen molar-refractivity contribution in [2.75, 3.05) is 0 Å². The highest BCUT2D eigenvalue weighted by Gasteiger charge is 2.22. The summed E-state index contributed by atoms with van der Waals surface area (Å²) in [6.07, 6.45) is 1.65. The van der Waals surface area contributed by atoms with E-state index in [9.17, 15) is 9.59 Å². The number of hydrogen-bond acceptors (Lipinski definition) is 5. The second-order valence-corrected chi connectivity index (χ2v) is 8.49. The van der Waals surface area contributed by atoms with Crippen LogP contribution in [0.3, 0.4) is 0 Å². The minimum absolute atomic E-state index is 0.00768. The molecule has 0 N–H and O–H groups in total. The summed E-state index contributed by atoms with van der Waals surface area (Å²) in [4.78, 5) is 35.5. The summed E-state index contributed by atoms with van der Waals surface area (Å²) >= 11 is 1.27. The second-order valence-electron chi connectivity index (χ2n) is 7.19. The van der Waals surface area contributed by atoms with Gasteiger partial charge in [-0.25, -0.2) is 14.5 Å². The van der Waals surface area contributed by atoms with Crippen LogP contribution in [0.15, 0.2) is 76.8 Å². The summed E-state index contributed by atoms with van der Waals surface area (Å²) in [6, 6.07) is 18.5. The van der Waals surface area contributed by atoms with E-state index in [1.165, 1.54) is 16.3 Å². The van der Waals surface area contributed by atoms with Crippen LogP contribution in [-0.2, 0) is 0 Å². The van der Waals surface area contributed by atoms with Crippen LogP contribution in [0.1, 0.15) is 28.4 Å². The van der Waals surface area contributed by atoms with E-state index in [1.807, 2.05) is 75.4 Å². The number of benzene rings is 2. The Morgan fingerprint density at radius 3 is 2.47 bits per heavy atom. The summed E-state index contributed by atoms with van der Waals surface area (Å²) in [5.74, 6) is 0.518. The second kappa shape index (κ2) is 8.24. The topological polar surface area (TPSA) is 64.8 Å². The number of ketones is 1. The molecule has 2 aromatic heterocycles. The molecule has 0 radical (unpaired) electrons. The fourth-order valence-corrected chi connectivity index (χ4v) is 4.24. The highest BCUT2D eigenvalue weighted by molar-refractivity contribution is 8.00. The summed E-state index contributed by atoms with van der Waals surface area (Å²) < 4.78 is 1.52. The smallest absolute Gasteiger partial charge is 0.267 e. The fourth-order valence-electron chi connectivity index (χ4n) is 3.25. The van der Waals surface area contributed by atoms with E-state index < -0.39 is 5.25 Å². The molecular weight excluding hydrogens is 394 g/mol. The van der Waals surface area contributed by atoms with E-state index in [2.05, 4.69) is 4.98 Å². The van der Waals surface area contributed by atoms with Gasteiger partial charge < -0.3 is 0 Å². The third-order valence-corrected chi connectivity index (χ3v) is 5.98. The largest absolute Gasteiger partial charge is 0.293 e. The monoisotopic (exact) mass is 415 g/mol. The Kier molecular flexibility index (Phi) is 5.50. The lowest BCUT2D eigenvalue weighted by Gasteiger charge is -2.16. The van der Waals surface area contributed by atoms with Gasteiger partial charge in [-0.2, -0.15) is 0 Å². The molecule has 150 valence electrons. The molecular formula is C24H21N3O2S. The molecule has 4 aromatic rings. The summed E-state index contributed by atoms with van der Waals surface area (Å²) in [7, 11) is 0. The van der Waals surface area contributed by atoms with Crippen LogP contribution < -0.4 is 5.56 Å². The maximum absolute atomic E-state index is 13.3. The molecule has 5 nitrogen and oxygen atoms in total. The van der Waals surface area contributed by atoms with Crippen molar-refractivity contribution in [1.82, 2.24) is 14.5 Å². The molecule has 2 heterocycles. The van der Waals surface area contributed by atoms with Crippen molar-refractivity contribution in [3.8, 4) is 5.82 Å². The molecule has 0 saturated carbocycles. The average molecular weight is 416 g/mol. The van der Waals surface area contributed by atoms with Crippen LogP contribution >= 0.6 is 11.8 Å². The normalized spacial score (nSPS) is 12.1. The third-order valence-electron chi connectivity index (χ3n) is 4.93. The average Bonchev–Trinajstić information content (AvgIpc) is 2.75. The summed E-state index contributed by atoms with van der Waals surface area (Å²) in [6.45, 7) is 5.72. The number of nitrogens with zero attached hydrogens (tertiary/aromatic N) is 3. The molecule has 4 rings (SSSR count). The number of Topliss-reactive ketones (excluding diaryl/α,β-unsaturated/α-hetero) is 1. The molecule has 0 aliphatic heterocycles. The number of carbonyl (C=O) groups excluding carboxylic acids is 1. The van der Waals surface area contributed by atoms with Gasteiger partial charge in [0.15, 0.2) is 10.9 Å². The Labute approximate surface area is 178 Å². The quantitative estimate of drug-likeness (QED) is 0.267.